The highest BCUT2D eigenvalue weighted by Crippen LogP contribution is 2.22. The third-order valence-electron chi connectivity index (χ3n) is 6.75. The summed E-state index contributed by atoms with van der Waals surface area (Å²) >= 11 is 0. The zero-order valence-electron chi connectivity index (χ0n) is 19.4. The van der Waals surface area contributed by atoms with Crippen LogP contribution in [0, 0.1) is 24.2 Å². The van der Waals surface area contributed by atoms with Crippen molar-refractivity contribution in [1.29, 1.82) is 5.26 Å². The van der Waals surface area contributed by atoms with E-state index in [9.17, 15) is 9.59 Å². The molecule has 0 spiro atoms. The molecule has 2 saturated heterocycles. The number of carbonyl (C=O) groups excluding carboxylic acids is 2. The molecule has 172 valence electrons. The molecule has 33 heavy (non-hydrogen) atoms. The lowest BCUT2D eigenvalue weighted by Gasteiger charge is -2.35. The zero-order chi connectivity index (χ0) is 23.2. The van der Waals surface area contributed by atoms with Crippen LogP contribution in [0.3, 0.4) is 0 Å². The first-order chi connectivity index (χ1) is 16.0. The van der Waals surface area contributed by atoms with Crippen molar-refractivity contribution >= 4 is 11.8 Å². The third-order valence-corrected chi connectivity index (χ3v) is 6.75. The molecule has 2 aromatic carbocycles. The summed E-state index contributed by atoms with van der Waals surface area (Å²) in [5, 5.41) is 8.97. The molecule has 6 heteroatoms. The largest absolute Gasteiger partial charge is 0.341 e. The Labute approximate surface area is 196 Å². The quantitative estimate of drug-likeness (QED) is 0.724. The van der Waals surface area contributed by atoms with E-state index < -0.39 is 0 Å². The van der Waals surface area contributed by atoms with Crippen molar-refractivity contribution in [2.24, 2.45) is 5.92 Å². The Balaban J connectivity index is 1.32. The van der Waals surface area contributed by atoms with Crippen molar-refractivity contribution in [2.45, 2.75) is 32.7 Å². The minimum absolute atomic E-state index is 0.0250. The Bertz CT molecular complexity index is 1010. The summed E-state index contributed by atoms with van der Waals surface area (Å²) < 4.78 is 0. The second kappa shape index (κ2) is 10.6. The number of likely N-dealkylation sites (tertiary alicyclic amines) is 1. The second-order valence-corrected chi connectivity index (χ2v) is 9.22. The number of nitrogens with zero attached hydrogens (tertiary/aromatic N) is 4. The molecule has 4 rings (SSSR count). The Kier molecular flexibility index (Phi) is 7.41. The molecule has 0 aliphatic carbocycles. The lowest BCUT2D eigenvalue weighted by atomic mass is 9.95. The summed E-state index contributed by atoms with van der Waals surface area (Å²) in [6.07, 6.45) is 2.66. The standard InChI is InChI=1S/C27H32N4O2/c1-21-5-11-24(12-6-21)26(32)31-14-2-4-25(20-31)27(33)30-15-3-13-29(16-17-30)19-23-9-7-22(18-28)8-10-23/h5-12,25H,2-4,13-17,19-20H2,1H3/t25-/m0/s1. The lowest BCUT2D eigenvalue weighted by molar-refractivity contribution is -0.136. The Morgan fingerprint density at radius 3 is 2.36 bits per heavy atom. The van der Waals surface area contributed by atoms with Crippen LogP contribution in [-0.2, 0) is 11.3 Å². The number of amides is 2. The van der Waals surface area contributed by atoms with Crippen molar-refractivity contribution in [3.8, 4) is 6.07 Å². The predicted octanol–water partition coefficient (Wildman–Crippen LogP) is 3.45. The van der Waals surface area contributed by atoms with Crippen LogP contribution in [0.25, 0.3) is 0 Å². The van der Waals surface area contributed by atoms with Gasteiger partial charge in [-0.3, -0.25) is 14.5 Å². The normalized spacial score (nSPS) is 19.6. The predicted molar refractivity (Wildman–Crippen MR) is 127 cm³/mol. The van der Waals surface area contributed by atoms with Crippen LogP contribution in [0.15, 0.2) is 48.5 Å². The van der Waals surface area contributed by atoms with E-state index in [1.165, 1.54) is 5.56 Å². The Hall–Kier alpha value is -3.17. The van der Waals surface area contributed by atoms with Gasteiger partial charge in [0.1, 0.15) is 0 Å². The molecule has 0 N–H and O–H groups in total. The van der Waals surface area contributed by atoms with Gasteiger partial charge in [-0.2, -0.15) is 5.26 Å². The molecule has 2 aliphatic rings. The molecule has 2 fully saturated rings. The summed E-state index contributed by atoms with van der Waals surface area (Å²) in [5.74, 6) is 0.104. The Morgan fingerprint density at radius 1 is 0.909 bits per heavy atom. The van der Waals surface area contributed by atoms with Crippen molar-refractivity contribution < 1.29 is 9.59 Å². The maximum absolute atomic E-state index is 13.3. The van der Waals surface area contributed by atoms with Crippen LogP contribution < -0.4 is 0 Å². The average molecular weight is 445 g/mol. The van der Waals surface area contributed by atoms with E-state index in [4.69, 9.17) is 5.26 Å². The van der Waals surface area contributed by atoms with Crippen LogP contribution in [0.1, 0.15) is 46.3 Å². The van der Waals surface area contributed by atoms with Gasteiger partial charge in [0.2, 0.25) is 5.91 Å². The highest BCUT2D eigenvalue weighted by atomic mass is 16.2. The van der Waals surface area contributed by atoms with Gasteiger partial charge < -0.3 is 9.80 Å². The SMILES string of the molecule is Cc1ccc(C(=O)N2CCC[C@H](C(=O)N3CCCN(Cc4ccc(C#N)cc4)CC3)C2)cc1. The number of piperidine rings is 1. The summed E-state index contributed by atoms with van der Waals surface area (Å²) in [4.78, 5) is 32.5. The fraction of sp³-hybridized carbons (Fsp3) is 0.444. The van der Waals surface area contributed by atoms with Crippen molar-refractivity contribution in [3.05, 3.63) is 70.8 Å². The van der Waals surface area contributed by atoms with Gasteiger partial charge in [0.25, 0.3) is 5.91 Å². The minimum atomic E-state index is -0.113. The van der Waals surface area contributed by atoms with Crippen LogP contribution in [0.2, 0.25) is 0 Å². The highest BCUT2D eigenvalue weighted by Gasteiger charge is 2.32. The van der Waals surface area contributed by atoms with Crippen molar-refractivity contribution in [2.75, 3.05) is 39.3 Å². The summed E-state index contributed by atoms with van der Waals surface area (Å²) in [6.45, 7) is 7.35. The molecule has 0 bridgehead atoms. The monoisotopic (exact) mass is 444 g/mol. The first kappa shape index (κ1) is 23.0. The smallest absolute Gasteiger partial charge is 0.253 e. The van der Waals surface area contributed by atoms with Crippen molar-refractivity contribution in [3.63, 3.8) is 0 Å². The van der Waals surface area contributed by atoms with E-state index in [2.05, 4.69) is 11.0 Å². The first-order valence-electron chi connectivity index (χ1n) is 11.9. The number of nitriles is 1. The number of rotatable bonds is 4. The molecular weight excluding hydrogens is 412 g/mol. The van der Waals surface area contributed by atoms with E-state index in [1.807, 2.05) is 65.3 Å². The lowest BCUT2D eigenvalue weighted by Crippen LogP contribution is -2.47. The number of carbonyl (C=O) groups is 2. The molecule has 2 amide bonds. The fourth-order valence-electron chi connectivity index (χ4n) is 4.79. The van der Waals surface area contributed by atoms with Gasteiger partial charge in [-0.1, -0.05) is 29.8 Å². The summed E-state index contributed by atoms with van der Waals surface area (Å²) in [6, 6.07) is 17.6. The second-order valence-electron chi connectivity index (χ2n) is 9.22. The van der Waals surface area contributed by atoms with E-state index in [1.54, 1.807) is 0 Å². The summed E-state index contributed by atoms with van der Waals surface area (Å²) in [7, 11) is 0. The van der Waals surface area contributed by atoms with Gasteiger partial charge >= 0.3 is 0 Å². The summed E-state index contributed by atoms with van der Waals surface area (Å²) in [5.41, 5.74) is 3.69. The number of hydrogen-bond acceptors (Lipinski definition) is 4. The number of benzene rings is 2. The molecule has 2 aromatic rings. The highest BCUT2D eigenvalue weighted by molar-refractivity contribution is 5.94. The molecule has 1 atom stereocenters. The molecule has 6 nitrogen and oxygen atoms in total. The maximum atomic E-state index is 13.3. The van der Waals surface area contributed by atoms with Crippen molar-refractivity contribution in [1.82, 2.24) is 14.7 Å². The molecule has 2 heterocycles. The molecule has 0 saturated carbocycles. The van der Waals surface area contributed by atoms with Crippen LogP contribution >= 0.6 is 0 Å². The third kappa shape index (κ3) is 5.80. The van der Waals surface area contributed by atoms with Gasteiger partial charge in [-0.25, -0.2) is 0 Å². The number of hydrogen-bond donors (Lipinski definition) is 0. The molecule has 0 aromatic heterocycles. The van der Waals surface area contributed by atoms with Gasteiger partial charge in [0.05, 0.1) is 17.6 Å². The van der Waals surface area contributed by atoms with Crippen LogP contribution in [-0.4, -0.2) is 65.8 Å². The van der Waals surface area contributed by atoms with Crippen LogP contribution in [0.4, 0.5) is 0 Å². The van der Waals surface area contributed by atoms with Gasteiger partial charge in [-0.05, 0) is 56.0 Å². The molecular formula is C27H32N4O2. The van der Waals surface area contributed by atoms with Crippen LogP contribution in [0.5, 0.6) is 0 Å². The molecule has 0 radical (unpaired) electrons. The number of aryl methyl sites for hydroxylation is 1. The van der Waals surface area contributed by atoms with E-state index in [0.29, 0.717) is 17.7 Å². The fourth-order valence-corrected chi connectivity index (χ4v) is 4.79. The molecule has 0 unspecified atom stereocenters. The molecule has 2 aliphatic heterocycles. The van der Waals surface area contributed by atoms with Gasteiger partial charge in [-0.15, -0.1) is 0 Å². The zero-order valence-corrected chi connectivity index (χ0v) is 19.4. The van der Waals surface area contributed by atoms with E-state index >= 15 is 0 Å². The average Bonchev–Trinajstić information content (AvgIpc) is 3.10. The first-order valence-corrected chi connectivity index (χ1v) is 11.9. The topological polar surface area (TPSA) is 67.7 Å². The van der Waals surface area contributed by atoms with E-state index in [-0.39, 0.29) is 17.7 Å². The Morgan fingerprint density at radius 2 is 1.64 bits per heavy atom. The van der Waals surface area contributed by atoms with Gasteiger partial charge in [0.15, 0.2) is 0 Å². The van der Waals surface area contributed by atoms with Gasteiger partial charge in [0, 0.05) is 51.4 Å². The minimum Gasteiger partial charge on any atom is -0.341 e. The maximum Gasteiger partial charge on any atom is 0.253 e. The van der Waals surface area contributed by atoms with E-state index in [0.717, 1.165) is 64.1 Å².